The smallest absolute Gasteiger partial charge is 0.416 e. The first-order valence-electron chi connectivity index (χ1n) is 6.24. The van der Waals surface area contributed by atoms with Crippen molar-refractivity contribution >= 4 is 16.9 Å². The fourth-order valence-corrected chi connectivity index (χ4v) is 2.13. The lowest BCUT2D eigenvalue weighted by Gasteiger charge is -2.05. The fourth-order valence-electron chi connectivity index (χ4n) is 2.13. The second kappa shape index (κ2) is 4.87. The van der Waals surface area contributed by atoms with E-state index in [0.717, 1.165) is 12.1 Å². The summed E-state index contributed by atoms with van der Waals surface area (Å²) in [5.74, 6) is -1.09. The highest BCUT2D eigenvalue weighted by Gasteiger charge is 2.30. The number of benzene rings is 1. The van der Waals surface area contributed by atoms with Gasteiger partial charge < -0.3 is 10.1 Å². The molecule has 2 heterocycles. The van der Waals surface area contributed by atoms with Crippen molar-refractivity contribution in [3.8, 4) is 11.4 Å². The Kier molecular flexibility index (Phi) is 3.13. The van der Waals surface area contributed by atoms with Crippen molar-refractivity contribution < 1.29 is 23.1 Å². The third-order valence-electron chi connectivity index (χ3n) is 3.23. The zero-order valence-electron chi connectivity index (χ0n) is 11.0. The minimum Gasteiger partial charge on any atom is -0.478 e. The first kappa shape index (κ1) is 14.1. The van der Waals surface area contributed by atoms with E-state index in [4.69, 9.17) is 5.11 Å². The van der Waals surface area contributed by atoms with E-state index in [9.17, 15) is 18.0 Å². The lowest BCUT2D eigenvalue weighted by atomic mass is 10.1. The van der Waals surface area contributed by atoms with Gasteiger partial charge in [0.2, 0.25) is 0 Å². The monoisotopic (exact) mass is 306 g/mol. The van der Waals surface area contributed by atoms with Crippen molar-refractivity contribution in [2.45, 2.75) is 6.18 Å². The van der Waals surface area contributed by atoms with Crippen molar-refractivity contribution in [1.29, 1.82) is 0 Å². The average Bonchev–Trinajstić information content (AvgIpc) is 2.89. The van der Waals surface area contributed by atoms with E-state index in [-0.39, 0.29) is 5.56 Å². The molecule has 0 unspecified atom stereocenters. The number of fused-ring (bicyclic) bond motifs is 1. The first-order chi connectivity index (χ1) is 10.3. The largest absolute Gasteiger partial charge is 0.478 e. The van der Waals surface area contributed by atoms with E-state index < -0.39 is 17.7 Å². The van der Waals surface area contributed by atoms with Crippen LogP contribution in [0.3, 0.4) is 0 Å². The number of carboxylic acid groups (broad SMARTS) is 1. The Balaban J connectivity index is 2.03. The number of rotatable bonds is 2. The van der Waals surface area contributed by atoms with E-state index in [1.807, 2.05) is 0 Å². The maximum Gasteiger partial charge on any atom is 0.416 e. The summed E-state index contributed by atoms with van der Waals surface area (Å²) in [7, 11) is 0. The molecule has 4 nitrogen and oxygen atoms in total. The third kappa shape index (κ3) is 2.52. The van der Waals surface area contributed by atoms with Gasteiger partial charge in [0.25, 0.3) is 0 Å². The van der Waals surface area contributed by atoms with Crippen LogP contribution >= 0.6 is 0 Å². The molecule has 0 aliphatic rings. The summed E-state index contributed by atoms with van der Waals surface area (Å²) in [4.78, 5) is 17.7. The number of carboxylic acids is 1. The van der Waals surface area contributed by atoms with Crippen molar-refractivity contribution in [3.05, 3.63) is 53.7 Å². The number of nitrogens with zero attached hydrogens (tertiary/aromatic N) is 1. The fraction of sp³-hybridized carbons (Fsp3) is 0.0667. The minimum absolute atomic E-state index is 0.0409. The zero-order valence-corrected chi connectivity index (χ0v) is 11.0. The lowest BCUT2D eigenvalue weighted by Crippen LogP contribution is -2.03. The van der Waals surface area contributed by atoms with Crippen LogP contribution in [0.4, 0.5) is 13.2 Å². The van der Waals surface area contributed by atoms with Gasteiger partial charge in [0.05, 0.1) is 22.5 Å². The summed E-state index contributed by atoms with van der Waals surface area (Å²) in [6.07, 6.45) is -3.20. The Hall–Kier alpha value is -2.83. The summed E-state index contributed by atoms with van der Waals surface area (Å²) in [5.41, 5.74) is 0.840. The van der Waals surface area contributed by atoms with Crippen molar-refractivity contribution in [2.75, 3.05) is 0 Å². The highest BCUT2D eigenvalue weighted by Crippen LogP contribution is 2.32. The number of aromatic nitrogens is 2. The maximum absolute atomic E-state index is 12.7. The van der Waals surface area contributed by atoms with Gasteiger partial charge in [-0.3, -0.25) is 4.98 Å². The molecule has 0 aliphatic heterocycles. The number of aromatic carboxylic acids is 1. The Morgan fingerprint density at radius 3 is 2.50 bits per heavy atom. The van der Waals surface area contributed by atoms with E-state index in [1.54, 1.807) is 6.07 Å². The van der Waals surface area contributed by atoms with Gasteiger partial charge in [0, 0.05) is 17.1 Å². The number of alkyl halides is 3. The number of hydrogen-bond donors (Lipinski definition) is 2. The molecule has 3 rings (SSSR count). The molecule has 112 valence electrons. The molecule has 0 atom stereocenters. The molecule has 2 N–H and O–H groups in total. The minimum atomic E-state index is -4.40. The SMILES string of the molecule is O=C(O)c1ccc(-c2cc3cc(C(F)(F)F)ccc3[nH]2)nc1. The first-order valence-corrected chi connectivity index (χ1v) is 6.24. The lowest BCUT2D eigenvalue weighted by molar-refractivity contribution is -0.137. The molecule has 0 amide bonds. The van der Waals surface area contributed by atoms with Crippen LogP contribution in [-0.2, 0) is 6.18 Å². The molecule has 2 aromatic heterocycles. The van der Waals surface area contributed by atoms with Gasteiger partial charge in [-0.2, -0.15) is 13.2 Å². The molecule has 3 aromatic rings. The molecule has 7 heteroatoms. The molecule has 22 heavy (non-hydrogen) atoms. The van der Waals surface area contributed by atoms with Gasteiger partial charge in [-0.15, -0.1) is 0 Å². The summed E-state index contributed by atoms with van der Waals surface area (Å²) in [6, 6.07) is 7.85. The van der Waals surface area contributed by atoms with Gasteiger partial charge in [0.15, 0.2) is 0 Å². The molecule has 0 saturated carbocycles. The van der Waals surface area contributed by atoms with Gasteiger partial charge >= 0.3 is 12.1 Å². The Labute approximate surface area is 122 Å². The number of pyridine rings is 1. The van der Waals surface area contributed by atoms with Crippen LogP contribution in [0.1, 0.15) is 15.9 Å². The molecule has 0 bridgehead atoms. The van der Waals surface area contributed by atoms with Gasteiger partial charge in [-0.05, 0) is 36.4 Å². The van der Waals surface area contributed by atoms with Crippen LogP contribution in [0.5, 0.6) is 0 Å². The highest BCUT2D eigenvalue weighted by atomic mass is 19.4. The number of nitrogens with one attached hydrogen (secondary N) is 1. The Bertz CT molecular complexity index is 851. The second-order valence-electron chi connectivity index (χ2n) is 4.72. The standard InChI is InChI=1S/C15H9F3N2O2/c16-15(17,18)10-2-4-11-9(5-10)6-13(20-11)12-3-1-8(7-19-12)14(21)22/h1-7,20H,(H,21,22). The summed E-state index contributed by atoms with van der Waals surface area (Å²) in [5, 5.41) is 9.22. The number of aromatic amines is 1. The molecular formula is C15H9F3N2O2. The predicted octanol–water partition coefficient (Wildman–Crippen LogP) is 3.95. The molecular weight excluding hydrogens is 297 g/mol. The summed E-state index contributed by atoms with van der Waals surface area (Å²) in [6.45, 7) is 0. The van der Waals surface area contributed by atoms with Crippen molar-refractivity contribution in [3.63, 3.8) is 0 Å². The Morgan fingerprint density at radius 2 is 1.91 bits per heavy atom. The number of H-pyrrole nitrogens is 1. The summed E-state index contributed by atoms with van der Waals surface area (Å²) >= 11 is 0. The van der Waals surface area contributed by atoms with Gasteiger partial charge in [-0.25, -0.2) is 4.79 Å². The number of hydrogen-bond acceptors (Lipinski definition) is 2. The van der Waals surface area contributed by atoms with E-state index >= 15 is 0 Å². The average molecular weight is 306 g/mol. The van der Waals surface area contributed by atoms with Crippen LogP contribution < -0.4 is 0 Å². The topological polar surface area (TPSA) is 66.0 Å². The maximum atomic E-state index is 12.7. The normalized spacial score (nSPS) is 11.8. The molecule has 0 radical (unpaired) electrons. The zero-order chi connectivity index (χ0) is 15.9. The van der Waals surface area contributed by atoms with Gasteiger partial charge in [-0.1, -0.05) is 0 Å². The molecule has 0 aliphatic carbocycles. The van der Waals surface area contributed by atoms with Crippen LogP contribution in [0.25, 0.3) is 22.3 Å². The molecule has 0 saturated heterocycles. The molecule has 1 aromatic carbocycles. The number of halogens is 3. The van der Waals surface area contributed by atoms with Gasteiger partial charge in [0.1, 0.15) is 0 Å². The molecule has 0 spiro atoms. The van der Waals surface area contributed by atoms with Crippen LogP contribution in [0.2, 0.25) is 0 Å². The van der Waals surface area contributed by atoms with Crippen LogP contribution in [0, 0.1) is 0 Å². The number of carbonyl (C=O) groups is 1. The van der Waals surface area contributed by atoms with E-state index in [0.29, 0.717) is 22.3 Å². The quantitative estimate of drug-likeness (QED) is 0.753. The molecule has 0 fully saturated rings. The predicted molar refractivity (Wildman–Crippen MR) is 73.5 cm³/mol. The Morgan fingerprint density at radius 1 is 1.14 bits per heavy atom. The second-order valence-corrected chi connectivity index (χ2v) is 4.72. The summed E-state index contributed by atoms with van der Waals surface area (Å²) < 4.78 is 38.1. The van der Waals surface area contributed by atoms with Crippen molar-refractivity contribution in [2.24, 2.45) is 0 Å². The third-order valence-corrected chi connectivity index (χ3v) is 3.23. The van der Waals surface area contributed by atoms with E-state index in [2.05, 4.69) is 9.97 Å². The van der Waals surface area contributed by atoms with Crippen LogP contribution in [0.15, 0.2) is 42.6 Å². The van der Waals surface area contributed by atoms with E-state index in [1.165, 1.54) is 24.4 Å². The van der Waals surface area contributed by atoms with Crippen molar-refractivity contribution in [1.82, 2.24) is 9.97 Å². The highest BCUT2D eigenvalue weighted by molar-refractivity contribution is 5.88. The van der Waals surface area contributed by atoms with Crippen LogP contribution in [-0.4, -0.2) is 21.0 Å².